The Balaban J connectivity index is 1.58. The largest absolute Gasteiger partial charge is 0.383 e. The van der Waals surface area contributed by atoms with Crippen molar-refractivity contribution in [3.8, 4) is 17.3 Å². The van der Waals surface area contributed by atoms with E-state index >= 15 is 0 Å². The fraction of sp³-hybridized carbons (Fsp3) is 0.143. The number of aromatic amines is 1. The van der Waals surface area contributed by atoms with Gasteiger partial charge in [0.05, 0.1) is 29.3 Å². The number of carbonyl (C=O) groups is 1. The Bertz CT molecular complexity index is 1310. The van der Waals surface area contributed by atoms with Crippen molar-refractivity contribution in [2.24, 2.45) is 0 Å². The van der Waals surface area contributed by atoms with Gasteiger partial charge >= 0.3 is 6.03 Å². The van der Waals surface area contributed by atoms with Gasteiger partial charge in [-0.3, -0.25) is 15.4 Å². The van der Waals surface area contributed by atoms with E-state index < -0.39 is 6.03 Å². The van der Waals surface area contributed by atoms with E-state index in [-0.39, 0.29) is 0 Å². The first-order valence-electron chi connectivity index (χ1n) is 9.49. The molecule has 0 fully saturated rings. The van der Waals surface area contributed by atoms with Gasteiger partial charge in [-0.25, -0.2) is 14.8 Å². The molecule has 0 unspecified atom stereocenters. The summed E-state index contributed by atoms with van der Waals surface area (Å²) >= 11 is 0. The lowest BCUT2D eigenvalue weighted by Crippen LogP contribution is -2.20. The van der Waals surface area contributed by atoms with Gasteiger partial charge in [-0.05, 0) is 36.1 Å². The molecule has 5 N–H and O–H groups in total. The Hall–Kier alpha value is -4.52. The molecule has 0 saturated heterocycles. The van der Waals surface area contributed by atoms with E-state index in [1.165, 1.54) is 6.20 Å². The van der Waals surface area contributed by atoms with E-state index in [9.17, 15) is 4.79 Å². The van der Waals surface area contributed by atoms with Crippen LogP contribution in [0.1, 0.15) is 17.7 Å². The summed E-state index contributed by atoms with van der Waals surface area (Å²) in [5, 5.41) is 22.3. The van der Waals surface area contributed by atoms with Crippen LogP contribution in [-0.2, 0) is 6.42 Å². The zero-order chi connectivity index (χ0) is 21.8. The highest BCUT2D eigenvalue weighted by Crippen LogP contribution is 2.28. The molecule has 10 nitrogen and oxygen atoms in total. The lowest BCUT2D eigenvalue weighted by Gasteiger charge is -2.10. The molecule has 4 aromatic heterocycles. The molecule has 0 saturated carbocycles. The zero-order valence-electron chi connectivity index (χ0n) is 16.7. The van der Waals surface area contributed by atoms with Crippen molar-refractivity contribution in [2.75, 3.05) is 16.4 Å². The number of pyridine rings is 3. The van der Waals surface area contributed by atoms with Crippen LogP contribution in [0.25, 0.3) is 22.0 Å². The quantitative estimate of drug-likeness (QED) is 0.390. The number of hydrogen-bond donors (Lipinski definition) is 4. The van der Waals surface area contributed by atoms with Crippen LogP contribution in [-0.4, -0.2) is 31.2 Å². The van der Waals surface area contributed by atoms with Crippen LogP contribution in [0, 0.1) is 18.3 Å². The zero-order valence-corrected chi connectivity index (χ0v) is 16.7. The number of nitrogens with two attached hydrogens (primary N) is 1. The Morgan fingerprint density at radius 1 is 1.26 bits per heavy atom. The molecule has 0 aliphatic carbocycles. The van der Waals surface area contributed by atoms with Gasteiger partial charge in [0, 0.05) is 42.4 Å². The maximum absolute atomic E-state index is 12.4. The molecule has 0 aliphatic heterocycles. The predicted octanol–water partition coefficient (Wildman–Crippen LogP) is 3.41. The number of rotatable bonds is 5. The molecular formula is C21H19N9O. The van der Waals surface area contributed by atoms with E-state index in [0.717, 1.165) is 16.5 Å². The lowest BCUT2D eigenvalue weighted by atomic mass is 10.1. The summed E-state index contributed by atoms with van der Waals surface area (Å²) < 4.78 is 0. The Labute approximate surface area is 177 Å². The first-order chi connectivity index (χ1) is 15.0. The molecule has 0 atom stereocenters. The monoisotopic (exact) mass is 413 g/mol. The normalized spacial score (nSPS) is 10.6. The van der Waals surface area contributed by atoms with Crippen LogP contribution >= 0.6 is 0 Å². The second-order valence-electron chi connectivity index (χ2n) is 6.87. The maximum atomic E-state index is 12.4. The minimum atomic E-state index is -0.475. The maximum Gasteiger partial charge on any atom is 0.324 e. The summed E-state index contributed by atoms with van der Waals surface area (Å²) in [5.41, 5.74) is 9.93. The van der Waals surface area contributed by atoms with Gasteiger partial charge < -0.3 is 11.1 Å². The van der Waals surface area contributed by atoms with Gasteiger partial charge in [0.1, 0.15) is 11.6 Å². The van der Waals surface area contributed by atoms with Crippen molar-refractivity contribution in [3.63, 3.8) is 0 Å². The fourth-order valence-electron chi connectivity index (χ4n) is 3.17. The number of urea groups is 1. The molecule has 0 aromatic carbocycles. The van der Waals surface area contributed by atoms with Crippen LogP contribution in [0.15, 0.2) is 43.0 Å². The number of carbonyl (C=O) groups excluding carboxylic acids is 1. The van der Waals surface area contributed by atoms with Crippen LogP contribution in [0.4, 0.5) is 22.1 Å². The van der Waals surface area contributed by atoms with Crippen LogP contribution < -0.4 is 16.4 Å². The lowest BCUT2D eigenvalue weighted by molar-refractivity contribution is 0.262. The van der Waals surface area contributed by atoms with E-state index in [4.69, 9.17) is 11.0 Å². The second kappa shape index (κ2) is 8.46. The average molecular weight is 413 g/mol. The predicted molar refractivity (Wildman–Crippen MR) is 117 cm³/mol. The number of H-pyrrole nitrogens is 1. The van der Waals surface area contributed by atoms with Gasteiger partial charge in [-0.2, -0.15) is 10.4 Å². The van der Waals surface area contributed by atoms with Gasteiger partial charge in [0.2, 0.25) is 0 Å². The number of nitrogens with one attached hydrogen (secondary N) is 3. The van der Waals surface area contributed by atoms with Crippen molar-refractivity contribution in [1.82, 2.24) is 25.1 Å². The van der Waals surface area contributed by atoms with E-state index in [1.54, 1.807) is 24.7 Å². The number of fused-ring (bicyclic) bond motifs is 1. The number of amides is 2. The minimum Gasteiger partial charge on any atom is -0.383 e. The number of hydrogen-bond acceptors (Lipinski definition) is 7. The summed E-state index contributed by atoms with van der Waals surface area (Å²) in [6.45, 7) is 1.98. The fourth-order valence-corrected chi connectivity index (χ4v) is 3.17. The van der Waals surface area contributed by atoms with Gasteiger partial charge in [0.25, 0.3) is 0 Å². The van der Waals surface area contributed by atoms with Crippen molar-refractivity contribution >= 4 is 34.1 Å². The average Bonchev–Trinajstić information content (AvgIpc) is 3.18. The molecule has 0 spiro atoms. The van der Waals surface area contributed by atoms with Crippen molar-refractivity contribution in [1.29, 1.82) is 5.26 Å². The first kappa shape index (κ1) is 19.8. The standard InChI is InChI=1S/C21H19N9O/c1-12-4-6-24-9-14(12)17-7-13-8-19(25-10-15(13)20(23)27-17)29-21(31)28-18-11-26-30-16(18)3-2-5-22/h4,6-11H,2-3H2,1H3,(H2,23,27)(H,26,30)(H2,25,28,29,31). The molecule has 0 bridgehead atoms. The molecule has 154 valence electrons. The molecule has 4 rings (SSSR count). The topological polar surface area (TPSA) is 158 Å². The SMILES string of the molecule is Cc1ccncc1-c1cc2cc(NC(=O)Nc3cn[nH]c3CCC#N)ncc2c(N)n1. The van der Waals surface area contributed by atoms with Crippen LogP contribution in [0.2, 0.25) is 0 Å². The number of nitrogen functional groups attached to an aromatic ring is 1. The third kappa shape index (κ3) is 4.25. The van der Waals surface area contributed by atoms with Crippen molar-refractivity contribution in [3.05, 3.63) is 54.2 Å². The number of aromatic nitrogens is 5. The smallest absolute Gasteiger partial charge is 0.324 e. The summed E-state index contributed by atoms with van der Waals surface area (Å²) in [4.78, 5) is 25.3. The summed E-state index contributed by atoms with van der Waals surface area (Å²) in [7, 11) is 0. The number of aryl methyl sites for hydroxylation is 2. The van der Waals surface area contributed by atoms with Gasteiger partial charge in [-0.1, -0.05) is 0 Å². The molecule has 2 amide bonds. The molecular weight excluding hydrogens is 394 g/mol. The van der Waals surface area contributed by atoms with Crippen LogP contribution in [0.5, 0.6) is 0 Å². The number of nitrogens with zero attached hydrogens (tertiary/aromatic N) is 5. The minimum absolute atomic E-state index is 0.318. The number of nitriles is 1. The Morgan fingerprint density at radius 3 is 2.94 bits per heavy atom. The van der Waals surface area contributed by atoms with Crippen LogP contribution in [0.3, 0.4) is 0 Å². The van der Waals surface area contributed by atoms with Crippen molar-refractivity contribution < 1.29 is 4.79 Å². The summed E-state index contributed by atoms with van der Waals surface area (Å²) in [6.07, 6.45) is 7.31. The van der Waals surface area contributed by atoms with Gasteiger partial charge in [-0.15, -0.1) is 0 Å². The molecule has 4 aromatic rings. The Morgan fingerprint density at radius 2 is 2.13 bits per heavy atom. The van der Waals surface area contributed by atoms with Gasteiger partial charge in [0.15, 0.2) is 0 Å². The van der Waals surface area contributed by atoms with Crippen molar-refractivity contribution in [2.45, 2.75) is 19.8 Å². The molecule has 0 radical (unpaired) electrons. The third-order valence-electron chi connectivity index (χ3n) is 4.75. The Kier molecular flexibility index (Phi) is 5.40. The molecule has 4 heterocycles. The summed E-state index contributed by atoms with van der Waals surface area (Å²) in [5.74, 6) is 0.700. The molecule has 0 aliphatic rings. The highest BCUT2D eigenvalue weighted by molar-refractivity contribution is 6.01. The molecule has 10 heteroatoms. The first-order valence-corrected chi connectivity index (χ1v) is 9.49. The van der Waals surface area contributed by atoms with E-state index in [1.807, 2.05) is 19.1 Å². The second-order valence-corrected chi connectivity index (χ2v) is 6.87. The third-order valence-corrected chi connectivity index (χ3v) is 4.75. The van der Waals surface area contributed by atoms with E-state index in [0.29, 0.717) is 46.9 Å². The highest BCUT2D eigenvalue weighted by atomic mass is 16.2. The molecule has 31 heavy (non-hydrogen) atoms. The van der Waals surface area contributed by atoms with E-state index in [2.05, 4.69) is 41.9 Å². The highest BCUT2D eigenvalue weighted by Gasteiger charge is 2.12. The summed E-state index contributed by atoms with van der Waals surface area (Å²) in [6, 6.07) is 7.11. The number of anilines is 3.